The number of nitrogen functional groups attached to an aromatic ring is 1. The third-order valence-corrected chi connectivity index (χ3v) is 4.15. The molecule has 110 valence electrons. The van der Waals surface area contributed by atoms with Crippen molar-refractivity contribution in [3.8, 4) is 0 Å². The highest BCUT2D eigenvalue weighted by atomic mass is 35.5. The third-order valence-electron chi connectivity index (χ3n) is 3.53. The van der Waals surface area contributed by atoms with E-state index in [1.54, 1.807) is 12.1 Å². The molecule has 1 heterocycles. The normalized spacial score (nSPS) is 16.4. The molecule has 0 aromatic heterocycles. The molecule has 0 radical (unpaired) electrons. The van der Waals surface area contributed by atoms with E-state index in [0.717, 1.165) is 39.1 Å². The fourth-order valence-electron chi connectivity index (χ4n) is 2.38. The van der Waals surface area contributed by atoms with Gasteiger partial charge < -0.3 is 10.6 Å². The summed E-state index contributed by atoms with van der Waals surface area (Å²) in [5.41, 5.74) is 6.50. The highest BCUT2D eigenvalue weighted by molar-refractivity contribution is 6.39. The molecule has 1 aromatic carbocycles. The van der Waals surface area contributed by atoms with Gasteiger partial charge in [-0.2, -0.15) is 0 Å². The molecule has 0 unspecified atom stereocenters. The molecule has 0 saturated carbocycles. The van der Waals surface area contributed by atoms with Crippen molar-refractivity contribution < 1.29 is 4.79 Å². The van der Waals surface area contributed by atoms with Gasteiger partial charge in [-0.1, -0.05) is 30.1 Å². The number of carbonyl (C=O) groups excluding carboxylic acids is 1. The summed E-state index contributed by atoms with van der Waals surface area (Å²) < 4.78 is 0. The van der Waals surface area contributed by atoms with Crippen LogP contribution in [0.3, 0.4) is 0 Å². The van der Waals surface area contributed by atoms with Crippen LogP contribution >= 0.6 is 23.2 Å². The number of rotatable bonds is 3. The average Bonchev–Trinajstić information content (AvgIpc) is 2.44. The first-order valence-electron chi connectivity index (χ1n) is 6.79. The number of hydrogen-bond donors (Lipinski definition) is 1. The number of nitrogens with zero attached hydrogens (tertiary/aromatic N) is 2. The molecule has 1 fully saturated rings. The van der Waals surface area contributed by atoms with Crippen LogP contribution in [-0.4, -0.2) is 48.4 Å². The number of piperazine rings is 1. The Bertz CT molecular complexity index is 476. The Hall–Kier alpha value is -0.970. The van der Waals surface area contributed by atoms with Gasteiger partial charge >= 0.3 is 0 Å². The zero-order valence-electron chi connectivity index (χ0n) is 11.5. The van der Waals surface area contributed by atoms with Crippen molar-refractivity contribution in [2.24, 2.45) is 0 Å². The number of amides is 1. The topological polar surface area (TPSA) is 49.6 Å². The van der Waals surface area contributed by atoms with Crippen LogP contribution in [-0.2, 0) is 0 Å². The van der Waals surface area contributed by atoms with Crippen LogP contribution in [0.5, 0.6) is 0 Å². The molecule has 2 N–H and O–H groups in total. The van der Waals surface area contributed by atoms with E-state index in [1.807, 2.05) is 4.90 Å². The van der Waals surface area contributed by atoms with Crippen molar-refractivity contribution in [2.75, 3.05) is 38.5 Å². The minimum absolute atomic E-state index is 0.0371. The second-order valence-electron chi connectivity index (χ2n) is 4.99. The van der Waals surface area contributed by atoms with Crippen molar-refractivity contribution in [1.29, 1.82) is 0 Å². The first-order valence-corrected chi connectivity index (χ1v) is 7.54. The van der Waals surface area contributed by atoms with Crippen LogP contribution in [0.4, 0.5) is 5.69 Å². The summed E-state index contributed by atoms with van der Waals surface area (Å²) in [4.78, 5) is 16.6. The molecular formula is C14H19Cl2N3O. The van der Waals surface area contributed by atoms with Gasteiger partial charge in [-0.15, -0.1) is 0 Å². The summed E-state index contributed by atoms with van der Waals surface area (Å²) in [5, 5.41) is 0.649. The SMILES string of the molecule is CCCN1CCN(C(=O)c2cc(Cl)c(N)c(Cl)c2)CC1. The Kier molecular flexibility index (Phi) is 5.13. The van der Waals surface area contributed by atoms with E-state index in [-0.39, 0.29) is 5.91 Å². The summed E-state index contributed by atoms with van der Waals surface area (Å²) in [6.45, 7) is 6.54. The van der Waals surface area contributed by atoms with E-state index in [0.29, 0.717) is 21.3 Å². The fourth-order valence-corrected chi connectivity index (χ4v) is 2.87. The lowest BCUT2D eigenvalue weighted by atomic mass is 10.1. The number of carbonyl (C=O) groups is 1. The molecule has 0 spiro atoms. The van der Waals surface area contributed by atoms with Gasteiger partial charge in [0.25, 0.3) is 5.91 Å². The molecule has 1 aliphatic rings. The van der Waals surface area contributed by atoms with Gasteiger partial charge in [0.1, 0.15) is 0 Å². The lowest BCUT2D eigenvalue weighted by Gasteiger charge is -2.34. The van der Waals surface area contributed by atoms with E-state index < -0.39 is 0 Å². The van der Waals surface area contributed by atoms with Gasteiger partial charge in [-0.05, 0) is 25.1 Å². The smallest absolute Gasteiger partial charge is 0.254 e. The number of hydrogen-bond acceptors (Lipinski definition) is 3. The highest BCUT2D eigenvalue weighted by Gasteiger charge is 2.22. The summed E-state index contributed by atoms with van der Waals surface area (Å²) in [7, 11) is 0. The highest BCUT2D eigenvalue weighted by Crippen LogP contribution is 2.29. The Balaban J connectivity index is 2.06. The number of nitrogens with two attached hydrogens (primary N) is 1. The van der Waals surface area contributed by atoms with Gasteiger partial charge in [-0.25, -0.2) is 0 Å². The standard InChI is InChI=1S/C14H19Cl2N3O/c1-2-3-18-4-6-19(7-5-18)14(20)10-8-11(15)13(17)12(16)9-10/h8-9H,2-7,17H2,1H3. The third kappa shape index (κ3) is 3.37. The molecule has 20 heavy (non-hydrogen) atoms. The Labute approximate surface area is 129 Å². The lowest BCUT2D eigenvalue weighted by molar-refractivity contribution is 0.0637. The molecule has 1 amide bonds. The van der Waals surface area contributed by atoms with Gasteiger partial charge in [0.2, 0.25) is 0 Å². The van der Waals surface area contributed by atoms with Gasteiger partial charge in [0.05, 0.1) is 15.7 Å². The van der Waals surface area contributed by atoms with Crippen molar-refractivity contribution in [3.05, 3.63) is 27.7 Å². The number of anilines is 1. The zero-order chi connectivity index (χ0) is 14.7. The largest absolute Gasteiger partial charge is 0.396 e. The van der Waals surface area contributed by atoms with Crippen molar-refractivity contribution in [1.82, 2.24) is 9.80 Å². The first-order chi connectivity index (χ1) is 9.52. The molecule has 1 aromatic rings. The van der Waals surface area contributed by atoms with Crippen molar-refractivity contribution in [2.45, 2.75) is 13.3 Å². The quantitative estimate of drug-likeness (QED) is 0.872. The predicted octanol–water partition coefficient (Wildman–Crippen LogP) is 2.74. The molecule has 1 saturated heterocycles. The van der Waals surface area contributed by atoms with Crippen LogP contribution in [0.1, 0.15) is 23.7 Å². The summed E-state index contributed by atoms with van der Waals surface area (Å²) in [6.07, 6.45) is 1.14. The minimum Gasteiger partial charge on any atom is -0.396 e. The monoisotopic (exact) mass is 315 g/mol. The average molecular weight is 316 g/mol. The Morgan fingerprint density at radius 2 is 1.75 bits per heavy atom. The molecule has 0 aliphatic carbocycles. The molecular weight excluding hydrogens is 297 g/mol. The lowest BCUT2D eigenvalue weighted by Crippen LogP contribution is -2.48. The number of benzene rings is 1. The van der Waals surface area contributed by atoms with Crippen LogP contribution in [0.15, 0.2) is 12.1 Å². The molecule has 1 aliphatic heterocycles. The van der Waals surface area contributed by atoms with Crippen molar-refractivity contribution in [3.63, 3.8) is 0 Å². The van der Waals surface area contributed by atoms with E-state index in [2.05, 4.69) is 11.8 Å². The summed E-state index contributed by atoms with van der Waals surface area (Å²) >= 11 is 12.0. The van der Waals surface area contributed by atoms with E-state index >= 15 is 0 Å². The Morgan fingerprint density at radius 1 is 1.20 bits per heavy atom. The minimum atomic E-state index is -0.0371. The van der Waals surface area contributed by atoms with Crippen LogP contribution in [0.2, 0.25) is 10.0 Å². The van der Waals surface area contributed by atoms with Crippen LogP contribution in [0.25, 0.3) is 0 Å². The second-order valence-corrected chi connectivity index (χ2v) is 5.80. The summed E-state index contributed by atoms with van der Waals surface area (Å²) in [6, 6.07) is 3.17. The fraction of sp³-hybridized carbons (Fsp3) is 0.500. The molecule has 4 nitrogen and oxygen atoms in total. The second kappa shape index (κ2) is 6.66. The maximum atomic E-state index is 12.4. The van der Waals surface area contributed by atoms with Crippen LogP contribution < -0.4 is 5.73 Å². The van der Waals surface area contributed by atoms with E-state index in [1.165, 1.54) is 0 Å². The van der Waals surface area contributed by atoms with E-state index in [4.69, 9.17) is 28.9 Å². The first kappa shape index (κ1) is 15.4. The molecule has 2 rings (SSSR count). The molecule has 6 heteroatoms. The summed E-state index contributed by atoms with van der Waals surface area (Å²) in [5.74, 6) is -0.0371. The zero-order valence-corrected chi connectivity index (χ0v) is 13.0. The van der Waals surface area contributed by atoms with Crippen molar-refractivity contribution >= 4 is 34.8 Å². The van der Waals surface area contributed by atoms with Gasteiger partial charge in [-0.3, -0.25) is 9.69 Å². The van der Waals surface area contributed by atoms with Crippen LogP contribution in [0, 0.1) is 0 Å². The predicted molar refractivity (Wildman–Crippen MR) is 83.5 cm³/mol. The Morgan fingerprint density at radius 3 is 2.25 bits per heavy atom. The van der Waals surface area contributed by atoms with Gasteiger partial charge in [0.15, 0.2) is 0 Å². The van der Waals surface area contributed by atoms with E-state index in [9.17, 15) is 4.79 Å². The van der Waals surface area contributed by atoms with Gasteiger partial charge in [0, 0.05) is 31.7 Å². The molecule has 0 bridgehead atoms. The maximum Gasteiger partial charge on any atom is 0.254 e. The number of halogens is 2. The maximum absolute atomic E-state index is 12.4. The molecule has 0 atom stereocenters.